The minimum absolute atomic E-state index is 0.324. The van der Waals surface area contributed by atoms with Crippen molar-refractivity contribution in [3.63, 3.8) is 0 Å². The first-order valence-electron chi connectivity index (χ1n) is 6.29. The molecule has 0 aliphatic heterocycles. The number of primary amides is 1. The Labute approximate surface area is 146 Å². The highest BCUT2D eigenvalue weighted by atomic mass is 79.9. The molecule has 3 nitrogen and oxygen atoms in total. The van der Waals surface area contributed by atoms with E-state index < -0.39 is 5.91 Å². The lowest BCUT2D eigenvalue weighted by molar-refractivity contribution is -0.113. The van der Waals surface area contributed by atoms with E-state index in [1.807, 2.05) is 18.2 Å². The van der Waals surface area contributed by atoms with Gasteiger partial charge in [-0.1, -0.05) is 35.3 Å². The summed E-state index contributed by atoms with van der Waals surface area (Å²) in [6, 6.07) is 10.7. The van der Waals surface area contributed by atoms with Gasteiger partial charge < -0.3 is 10.5 Å². The fraction of sp³-hybridized carbons (Fsp3) is 0.0625. The maximum absolute atomic E-state index is 10.7. The number of rotatable bonds is 5. The summed E-state index contributed by atoms with van der Waals surface area (Å²) in [6.07, 6.45) is 2.93. The van der Waals surface area contributed by atoms with E-state index >= 15 is 0 Å². The molecule has 0 heterocycles. The van der Waals surface area contributed by atoms with Crippen LogP contribution in [0.2, 0.25) is 10.0 Å². The van der Waals surface area contributed by atoms with Gasteiger partial charge in [0.2, 0.25) is 5.91 Å². The van der Waals surface area contributed by atoms with Crippen LogP contribution in [0.4, 0.5) is 0 Å². The highest BCUT2D eigenvalue weighted by Crippen LogP contribution is 2.28. The molecule has 114 valence electrons. The van der Waals surface area contributed by atoms with Crippen LogP contribution in [0, 0.1) is 0 Å². The predicted molar refractivity (Wildman–Crippen MR) is 93.2 cm³/mol. The minimum atomic E-state index is -0.492. The number of nitrogens with two attached hydrogens (primary N) is 1. The van der Waals surface area contributed by atoms with Crippen molar-refractivity contribution in [3.05, 3.63) is 68.1 Å². The van der Waals surface area contributed by atoms with Crippen molar-refractivity contribution in [1.29, 1.82) is 0 Å². The first kappa shape index (κ1) is 16.9. The predicted octanol–water partition coefficient (Wildman–Crippen LogP) is 4.83. The Balaban J connectivity index is 2.08. The first-order chi connectivity index (χ1) is 10.5. The first-order valence-corrected chi connectivity index (χ1v) is 7.84. The highest BCUT2D eigenvalue weighted by Gasteiger charge is 2.05. The van der Waals surface area contributed by atoms with Gasteiger partial charge in [0.05, 0.1) is 4.47 Å². The van der Waals surface area contributed by atoms with Crippen molar-refractivity contribution >= 4 is 51.1 Å². The summed E-state index contributed by atoms with van der Waals surface area (Å²) < 4.78 is 6.50. The van der Waals surface area contributed by atoms with E-state index in [9.17, 15) is 4.79 Å². The molecule has 0 aliphatic carbocycles. The summed E-state index contributed by atoms with van der Waals surface area (Å²) >= 11 is 15.4. The highest BCUT2D eigenvalue weighted by molar-refractivity contribution is 9.10. The van der Waals surface area contributed by atoms with Crippen LogP contribution in [0.25, 0.3) is 6.08 Å². The maximum Gasteiger partial charge on any atom is 0.241 e. The summed E-state index contributed by atoms with van der Waals surface area (Å²) in [7, 11) is 0. The summed E-state index contributed by atoms with van der Waals surface area (Å²) in [5.74, 6) is 0.177. The Morgan fingerprint density at radius 1 is 1.23 bits per heavy atom. The lowest BCUT2D eigenvalue weighted by Crippen LogP contribution is -2.05. The largest absolute Gasteiger partial charge is 0.488 e. The number of halogens is 3. The second kappa shape index (κ2) is 7.68. The Bertz CT molecular complexity index is 732. The molecule has 0 bridgehead atoms. The zero-order chi connectivity index (χ0) is 16.1. The Hall–Kier alpha value is -1.49. The lowest BCUT2D eigenvalue weighted by Gasteiger charge is -2.10. The molecule has 0 saturated heterocycles. The maximum atomic E-state index is 10.7. The summed E-state index contributed by atoms with van der Waals surface area (Å²) in [5.41, 5.74) is 6.74. The van der Waals surface area contributed by atoms with E-state index in [2.05, 4.69) is 15.9 Å². The van der Waals surface area contributed by atoms with Crippen molar-refractivity contribution in [2.75, 3.05) is 0 Å². The number of ether oxygens (including phenoxy) is 1. The Morgan fingerprint density at radius 3 is 2.64 bits per heavy atom. The van der Waals surface area contributed by atoms with Crippen molar-refractivity contribution in [2.45, 2.75) is 6.61 Å². The zero-order valence-electron chi connectivity index (χ0n) is 11.4. The fourth-order valence-corrected chi connectivity index (χ4v) is 2.68. The SMILES string of the molecule is NC(=O)/C=C/c1ccc(OCc2ccc(Cl)cc2Cl)c(Br)c1. The molecule has 2 rings (SSSR count). The average Bonchev–Trinajstić information content (AvgIpc) is 2.45. The fourth-order valence-electron chi connectivity index (χ4n) is 1.71. The van der Waals surface area contributed by atoms with Crippen molar-refractivity contribution < 1.29 is 9.53 Å². The third kappa shape index (κ3) is 4.77. The van der Waals surface area contributed by atoms with Gasteiger partial charge in [-0.2, -0.15) is 0 Å². The molecule has 22 heavy (non-hydrogen) atoms. The third-order valence-electron chi connectivity index (χ3n) is 2.79. The van der Waals surface area contributed by atoms with Crippen LogP contribution >= 0.6 is 39.1 Å². The Morgan fingerprint density at radius 2 is 2.00 bits per heavy atom. The van der Waals surface area contributed by atoms with Crippen molar-refractivity contribution in [1.82, 2.24) is 0 Å². The van der Waals surface area contributed by atoms with E-state index in [-0.39, 0.29) is 0 Å². The molecular formula is C16H12BrCl2NO2. The second-order valence-electron chi connectivity index (χ2n) is 4.45. The van der Waals surface area contributed by atoms with E-state index in [1.165, 1.54) is 6.08 Å². The topological polar surface area (TPSA) is 52.3 Å². The van der Waals surface area contributed by atoms with Gasteiger partial charge in [-0.3, -0.25) is 4.79 Å². The van der Waals surface area contributed by atoms with E-state index in [0.717, 1.165) is 15.6 Å². The van der Waals surface area contributed by atoms with Gasteiger partial charge in [0, 0.05) is 21.7 Å². The number of amides is 1. The van der Waals surface area contributed by atoms with E-state index in [1.54, 1.807) is 24.3 Å². The van der Waals surface area contributed by atoms with Gasteiger partial charge in [0.1, 0.15) is 12.4 Å². The Kier molecular flexibility index (Phi) is 5.89. The molecule has 0 atom stereocenters. The molecule has 2 aromatic rings. The van der Waals surface area contributed by atoms with Gasteiger partial charge >= 0.3 is 0 Å². The monoisotopic (exact) mass is 399 g/mol. The molecule has 2 aromatic carbocycles. The van der Waals surface area contributed by atoms with Crippen LogP contribution in [0.15, 0.2) is 46.9 Å². The van der Waals surface area contributed by atoms with Crippen LogP contribution in [0.1, 0.15) is 11.1 Å². The van der Waals surface area contributed by atoms with E-state index in [0.29, 0.717) is 22.4 Å². The van der Waals surface area contributed by atoms with Crippen molar-refractivity contribution in [3.8, 4) is 5.75 Å². The summed E-state index contributed by atoms with van der Waals surface area (Å²) in [4.78, 5) is 10.7. The standard InChI is InChI=1S/C16H12BrCl2NO2/c17-13-7-10(2-6-16(20)21)1-5-15(13)22-9-11-3-4-12(18)8-14(11)19/h1-8H,9H2,(H2,20,21)/b6-2+. The van der Waals surface area contributed by atoms with Gasteiger partial charge in [0.25, 0.3) is 0 Å². The van der Waals surface area contributed by atoms with Crippen molar-refractivity contribution in [2.24, 2.45) is 5.73 Å². The summed E-state index contributed by atoms with van der Waals surface area (Å²) in [5, 5.41) is 1.14. The number of benzene rings is 2. The molecular weight excluding hydrogens is 389 g/mol. The van der Waals surface area contributed by atoms with Crippen LogP contribution in [0.5, 0.6) is 5.75 Å². The van der Waals surface area contributed by atoms with Crippen LogP contribution in [-0.4, -0.2) is 5.91 Å². The van der Waals surface area contributed by atoms with Gasteiger partial charge in [-0.25, -0.2) is 0 Å². The number of hydrogen-bond acceptors (Lipinski definition) is 2. The molecule has 2 N–H and O–H groups in total. The molecule has 1 amide bonds. The number of carbonyl (C=O) groups is 1. The van der Waals surface area contributed by atoms with Crippen LogP contribution < -0.4 is 10.5 Å². The second-order valence-corrected chi connectivity index (χ2v) is 6.15. The molecule has 0 radical (unpaired) electrons. The smallest absolute Gasteiger partial charge is 0.241 e. The quantitative estimate of drug-likeness (QED) is 0.730. The number of carbonyl (C=O) groups excluding carboxylic acids is 1. The third-order valence-corrected chi connectivity index (χ3v) is 4.00. The molecule has 0 saturated carbocycles. The summed E-state index contributed by atoms with van der Waals surface area (Å²) in [6.45, 7) is 0.324. The molecule has 0 aromatic heterocycles. The zero-order valence-corrected chi connectivity index (χ0v) is 14.5. The molecule has 0 unspecified atom stereocenters. The molecule has 6 heteroatoms. The number of hydrogen-bond donors (Lipinski definition) is 1. The van der Waals surface area contributed by atoms with Gasteiger partial charge in [-0.05, 0) is 51.8 Å². The normalized spacial score (nSPS) is 10.9. The lowest BCUT2D eigenvalue weighted by atomic mass is 10.2. The molecule has 0 spiro atoms. The minimum Gasteiger partial charge on any atom is -0.488 e. The van der Waals surface area contributed by atoms with E-state index in [4.69, 9.17) is 33.7 Å². The average molecular weight is 401 g/mol. The molecule has 0 fully saturated rings. The molecule has 0 aliphatic rings. The van der Waals surface area contributed by atoms with Crippen LogP contribution in [0.3, 0.4) is 0 Å². The van der Waals surface area contributed by atoms with Gasteiger partial charge in [-0.15, -0.1) is 0 Å². The van der Waals surface area contributed by atoms with Gasteiger partial charge in [0.15, 0.2) is 0 Å². The van der Waals surface area contributed by atoms with Crippen LogP contribution in [-0.2, 0) is 11.4 Å².